The zero-order chi connectivity index (χ0) is 16.7. The second-order valence-corrected chi connectivity index (χ2v) is 6.23. The highest BCUT2D eigenvalue weighted by Gasteiger charge is 2.04. The summed E-state index contributed by atoms with van der Waals surface area (Å²) in [4.78, 5) is 5.93. The molecule has 2 aromatic rings. The molecule has 2 N–H and O–H groups in total. The standard InChI is InChI=1S/C17H25N5S/c1-5-18-17(19-9-14-10-21-22(3)12-14)20-11-15-7-6-13(2)8-16(15)23-4/h6-8,10,12H,5,9,11H2,1-4H3,(H2,18,19,20). The fourth-order valence-electron chi connectivity index (χ4n) is 2.24. The SMILES string of the molecule is CCNC(=NCc1cnn(C)c1)NCc1ccc(C)cc1SC. The van der Waals surface area contributed by atoms with Gasteiger partial charge in [0.1, 0.15) is 0 Å². The highest BCUT2D eigenvalue weighted by molar-refractivity contribution is 7.98. The second-order valence-electron chi connectivity index (χ2n) is 5.39. The molecule has 1 aromatic heterocycles. The van der Waals surface area contributed by atoms with E-state index in [0.29, 0.717) is 6.54 Å². The molecule has 23 heavy (non-hydrogen) atoms. The molecule has 0 aliphatic heterocycles. The van der Waals surface area contributed by atoms with E-state index in [1.54, 1.807) is 16.4 Å². The van der Waals surface area contributed by atoms with E-state index in [1.165, 1.54) is 16.0 Å². The van der Waals surface area contributed by atoms with Gasteiger partial charge in [-0.15, -0.1) is 11.8 Å². The summed E-state index contributed by atoms with van der Waals surface area (Å²) in [5.41, 5.74) is 3.68. The predicted molar refractivity (Wildman–Crippen MR) is 97.8 cm³/mol. The van der Waals surface area contributed by atoms with Crippen LogP contribution in [0.4, 0.5) is 0 Å². The number of benzene rings is 1. The topological polar surface area (TPSA) is 54.2 Å². The molecule has 0 saturated carbocycles. The Balaban J connectivity index is 2.01. The molecule has 0 fully saturated rings. The van der Waals surface area contributed by atoms with Gasteiger partial charge in [-0.1, -0.05) is 12.1 Å². The third-order valence-electron chi connectivity index (χ3n) is 3.41. The van der Waals surface area contributed by atoms with Crippen LogP contribution in [-0.4, -0.2) is 28.5 Å². The number of guanidine groups is 1. The highest BCUT2D eigenvalue weighted by Crippen LogP contribution is 2.21. The van der Waals surface area contributed by atoms with Crippen LogP contribution in [0.15, 0.2) is 40.5 Å². The van der Waals surface area contributed by atoms with E-state index in [0.717, 1.165) is 24.6 Å². The van der Waals surface area contributed by atoms with Crippen LogP contribution in [0, 0.1) is 6.92 Å². The van der Waals surface area contributed by atoms with Crippen molar-refractivity contribution in [3.63, 3.8) is 0 Å². The maximum absolute atomic E-state index is 4.62. The average Bonchev–Trinajstić information content (AvgIpc) is 2.96. The van der Waals surface area contributed by atoms with Crippen molar-refractivity contribution in [2.45, 2.75) is 31.8 Å². The molecule has 0 amide bonds. The van der Waals surface area contributed by atoms with E-state index < -0.39 is 0 Å². The second kappa shape index (κ2) is 8.62. The van der Waals surface area contributed by atoms with E-state index >= 15 is 0 Å². The summed E-state index contributed by atoms with van der Waals surface area (Å²) in [6.45, 7) is 6.40. The van der Waals surface area contributed by atoms with E-state index in [2.05, 4.69) is 59.0 Å². The monoisotopic (exact) mass is 331 g/mol. The van der Waals surface area contributed by atoms with Gasteiger partial charge in [-0.2, -0.15) is 5.10 Å². The number of nitrogens with one attached hydrogen (secondary N) is 2. The van der Waals surface area contributed by atoms with Gasteiger partial charge in [0.15, 0.2) is 5.96 Å². The first kappa shape index (κ1) is 17.4. The van der Waals surface area contributed by atoms with E-state index in [9.17, 15) is 0 Å². The Morgan fingerprint density at radius 1 is 1.35 bits per heavy atom. The first-order valence-electron chi connectivity index (χ1n) is 7.75. The van der Waals surface area contributed by atoms with Crippen molar-refractivity contribution < 1.29 is 0 Å². The Morgan fingerprint density at radius 2 is 2.17 bits per heavy atom. The molecule has 0 spiro atoms. The molecule has 0 saturated heterocycles. The number of aryl methyl sites for hydroxylation is 2. The van der Waals surface area contributed by atoms with Gasteiger partial charge in [-0.25, -0.2) is 4.99 Å². The van der Waals surface area contributed by atoms with E-state index in [-0.39, 0.29) is 0 Å². The summed E-state index contributed by atoms with van der Waals surface area (Å²) in [5.74, 6) is 0.823. The molecule has 0 aliphatic rings. The van der Waals surface area contributed by atoms with Crippen molar-refractivity contribution in [3.05, 3.63) is 47.3 Å². The summed E-state index contributed by atoms with van der Waals surface area (Å²) >= 11 is 1.78. The molecule has 5 nitrogen and oxygen atoms in total. The maximum Gasteiger partial charge on any atom is 0.191 e. The third-order valence-corrected chi connectivity index (χ3v) is 4.23. The van der Waals surface area contributed by atoms with Crippen molar-refractivity contribution in [2.24, 2.45) is 12.0 Å². The van der Waals surface area contributed by atoms with Crippen molar-refractivity contribution in [1.29, 1.82) is 0 Å². The Hall–Kier alpha value is -1.95. The minimum Gasteiger partial charge on any atom is -0.357 e. The number of aromatic nitrogens is 2. The van der Waals surface area contributed by atoms with E-state index in [4.69, 9.17) is 0 Å². The maximum atomic E-state index is 4.62. The molecule has 0 bridgehead atoms. The molecule has 0 aliphatic carbocycles. The van der Waals surface area contributed by atoms with Crippen molar-refractivity contribution in [3.8, 4) is 0 Å². The molecule has 2 rings (SSSR count). The average molecular weight is 331 g/mol. The van der Waals surface area contributed by atoms with Gasteiger partial charge in [0.2, 0.25) is 0 Å². The summed E-state index contributed by atoms with van der Waals surface area (Å²) in [7, 11) is 1.91. The number of rotatable bonds is 6. The van der Waals surface area contributed by atoms with Crippen LogP contribution in [0.1, 0.15) is 23.6 Å². The molecule has 0 radical (unpaired) electrons. The van der Waals surface area contributed by atoms with Gasteiger partial charge in [-0.05, 0) is 37.3 Å². The zero-order valence-corrected chi connectivity index (χ0v) is 15.1. The van der Waals surface area contributed by atoms with Crippen LogP contribution in [0.2, 0.25) is 0 Å². The number of aliphatic imine (C=N–C) groups is 1. The van der Waals surface area contributed by atoms with E-state index in [1.807, 2.05) is 19.4 Å². The molecule has 124 valence electrons. The van der Waals surface area contributed by atoms with Gasteiger partial charge < -0.3 is 10.6 Å². The zero-order valence-electron chi connectivity index (χ0n) is 14.3. The van der Waals surface area contributed by atoms with Gasteiger partial charge in [0.05, 0.1) is 12.7 Å². The smallest absolute Gasteiger partial charge is 0.191 e. The molecule has 1 heterocycles. The third kappa shape index (κ3) is 5.32. The Bertz CT molecular complexity index is 663. The summed E-state index contributed by atoms with van der Waals surface area (Å²) in [6, 6.07) is 6.55. The fraction of sp³-hybridized carbons (Fsp3) is 0.412. The van der Waals surface area contributed by atoms with Crippen molar-refractivity contribution in [1.82, 2.24) is 20.4 Å². The van der Waals surface area contributed by atoms with Crippen LogP contribution in [0.25, 0.3) is 0 Å². The first-order chi connectivity index (χ1) is 11.1. The number of thioether (sulfide) groups is 1. The summed E-state index contributed by atoms with van der Waals surface area (Å²) in [5, 5.41) is 10.9. The molecule has 0 atom stereocenters. The van der Waals surface area contributed by atoms with Crippen molar-refractivity contribution >= 4 is 17.7 Å². The van der Waals surface area contributed by atoms with Crippen molar-refractivity contribution in [2.75, 3.05) is 12.8 Å². The minimum absolute atomic E-state index is 0.618. The molecular formula is C17H25N5S. The van der Waals surface area contributed by atoms with Crippen LogP contribution in [0.5, 0.6) is 0 Å². The van der Waals surface area contributed by atoms with Gasteiger partial charge >= 0.3 is 0 Å². The Kier molecular flexibility index (Phi) is 6.52. The summed E-state index contributed by atoms with van der Waals surface area (Å²) in [6.07, 6.45) is 5.94. The van der Waals surface area contributed by atoms with Crippen LogP contribution in [0.3, 0.4) is 0 Å². The predicted octanol–water partition coefficient (Wildman–Crippen LogP) is 2.71. The highest BCUT2D eigenvalue weighted by atomic mass is 32.2. The first-order valence-corrected chi connectivity index (χ1v) is 8.98. The van der Waals surface area contributed by atoms with Gasteiger partial charge in [0.25, 0.3) is 0 Å². The van der Waals surface area contributed by atoms with Gasteiger partial charge in [0, 0.05) is 36.8 Å². The normalized spacial score (nSPS) is 11.6. The lowest BCUT2D eigenvalue weighted by Gasteiger charge is -2.13. The lowest BCUT2D eigenvalue weighted by molar-refractivity contribution is 0.766. The summed E-state index contributed by atoms with van der Waals surface area (Å²) < 4.78 is 1.79. The van der Waals surface area contributed by atoms with Crippen LogP contribution in [-0.2, 0) is 20.1 Å². The lowest BCUT2D eigenvalue weighted by Crippen LogP contribution is -2.36. The largest absolute Gasteiger partial charge is 0.357 e. The fourth-order valence-corrected chi connectivity index (χ4v) is 2.95. The lowest BCUT2D eigenvalue weighted by atomic mass is 10.1. The van der Waals surface area contributed by atoms with Crippen LogP contribution < -0.4 is 10.6 Å². The van der Waals surface area contributed by atoms with Crippen LogP contribution >= 0.6 is 11.8 Å². The molecule has 0 unspecified atom stereocenters. The Labute approximate surface area is 142 Å². The number of nitrogens with zero attached hydrogens (tertiary/aromatic N) is 3. The number of hydrogen-bond acceptors (Lipinski definition) is 3. The quantitative estimate of drug-likeness (QED) is 0.485. The molecular weight excluding hydrogens is 306 g/mol. The minimum atomic E-state index is 0.618. The van der Waals surface area contributed by atoms with Gasteiger partial charge in [-0.3, -0.25) is 4.68 Å². The number of hydrogen-bond donors (Lipinski definition) is 2. The Morgan fingerprint density at radius 3 is 2.83 bits per heavy atom. The molecule has 1 aromatic carbocycles. The molecule has 6 heteroatoms.